The zero-order valence-corrected chi connectivity index (χ0v) is 14.1. The maximum Gasteiger partial charge on any atom is 0.160 e. The molecule has 1 N–H and O–H groups in total. The van der Waals surface area contributed by atoms with E-state index in [-0.39, 0.29) is 0 Å². The third-order valence-electron chi connectivity index (χ3n) is 3.33. The summed E-state index contributed by atoms with van der Waals surface area (Å²) in [7, 11) is 3.30. The van der Waals surface area contributed by atoms with Crippen molar-refractivity contribution in [2.45, 2.75) is 19.4 Å². The normalized spacial score (nSPS) is 12.2. The average Bonchev–Trinajstić information content (AvgIpc) is 2.93. The number of benzene rings is 1. The summed E-state index contributed by atoms with van der Waals surface area (Å²) in [6, 6.07) is 10.3. The molecule has 0 amide bonds. The van der Waals surface area contributed by atoms with E-state index in [2.05, 4.69) is 24.4 Å². The van der Waals surface area contributed by atoms with Crippen molar-refractivity contribution in [2.24, 2.45) is 0 Å². The molecule has 2 rings (SSSR count). The van der Waals surface area contributed by atoms with Crippen molar-refractivity contribution in [3.05, 3.63) is 45.1 Å². The lowest BCUT2D eigenvalue weighted by atomic mass is 10.1. The van der Waals surface area contributed by atoms with E-state index in [0.29, 0.717) is 6.04 Å². The van der Waals surface area contributed by atoms with Gasteiger partial charge in [0.25, 0.3) is 0 Å². The molecule has 0 aliphatic rings. The fourth-order valence-corrected chi connectivity index (χ4v) is 3.22. The van der Waals surface area contributed by atoms with Crippen LogP contribution in [-0.2, 0) is 6.42 Å². The Morgan fingerprint density at radius 1 is 1.14 bits per heavy atom. The largest absolute Gasteiger partial charge is 0.493 e. The van der Waals surface area contributed by atoms with E-state index < -0.39 is 0 Å². The van der Waals surface area contributed by atoms with Gasteiger partial charge >= 0.3 is 0 Å². The van der Waals surface area contributed by atoms with Gasteiger partial charge in [-0.1, -0.05) is 17.7 Å². The van der Waals surface area contributed by atoms with Gasteiger partial charge in [0.05, 0.1) is 18.6 Å². The van der Waals surface area contributed by atoms with Crippen LogP contribution in [0.2, 0.25) is 4.34 Å². The molecule has 1 atom stereocenters. The Kier molecular flexibility index (Phi) is 5.91. The first-order valence-corrected chi connectivity index (χ1v) is 8.03. The van der Waals surface area contributed by atoms with E-state index in [0.717, 1.165) is 28.8 Å². The van der Waals surface area contributed by atoms with Gasteiger partial charge in [0, 0.05) is 10.9 Å². The second-order valence-corrected chi connectivity index (χ2v) is 6.50. The maximum atomic E-state index is 5.96. The summed E-state index contributed by atoms with van der Waals surface area (Å²) >= 11 is 7.58. The van der Waals surface area contributed by atoms with Crippen molar-refractivity contribution in [1.82, 2.24) is 5.32 Å². The van der Waals surface area contributed by atoms with Gasteiger partial charge in [-0.2, -0.15) is 0 Å². The fraction of sp³-hybridized carbons (Fsp3) is 0.375. The zero-order valence-electron chi connectivity index (χ0n) is 12.5. The third kappa shape index (κ3) is 4.37. The first-order valence-electron chi connectivity index (χ1n) is 6.83. The zero-order chi connectivity index (χ0) is 15.2. The maximum absolute atomic E-state index is 5.96. The highest BCUT2D eigenvalue weighted by molar-refractivity contribution is 7.16. The Balaban J connectivity index is 1.88. The molecule has 0 fully saturated rings. The van der Waals surface area contributed by atoms with Gasteiger partial charge in [0.2, 0.25) is 0 Å². The van der Waals surface area contributed by atoms with E-state index in [1.165, 1.54) is 10.4 Å². The number of rotatable bonds is 7. The van der Waals surface area contributed by atoms with Crippen LogP contribution in [0, 0.1) is 0 Å². The minimum Gasteiger partial charge on any atom is -0.493 e. The lowest BCUT2D eigenvalue weighted by Gasteiger charge is -2.13. The summed E-state index contributed by atoms with van der Waals surface area (Å²) in [6.07, 6.45) is 0.934. The van der Waals surface area contributed by atoms with Crippen molar-refractivity contribution < 1.29 is 9.47 Å². The molecule has 0 bridgehead atoms. The average molecular weight is 326 g/mol. The molecule has 114 valence electrons. The molecule has 1 aromatic heterocycles. The minimum atomic E-state index is 0.308. The molecular formula is C16H20ClNO2S. The molecule has 0 saturated carbocycles. The van der Waals surface area contributed by atoms with Crippen LogP contribution in [0.1, 0.15) is 23.4 Å². The number of hydrogen-bond acceptors (Lipinski definition) is 4. The second-order valence-electron chi connectivity index (χ2n) is 4.76. The number of ether oxygens (including phenoxy) is 2. The van der Waals surface area contributed by atoms with Crippen LogP contribution in [0.3, 0.4) is 0 Å². The molecule has 0 saturated heterocycles. The van der Waals surface area contributed by atoms with Crippen molar-refractivity contribution in [2.75, 3.05) is 20.8 Å². The number of methoxy groups -OCH3 is 2. The van der Waals surface area contributed by atoms with E-state index in [1.54, 1.807) is 25.6 Å². The standard InChI is InChI=1S/C16H20ClNO2S/c1-11(15-6-7-16(17)21-15)18-9-8-12-4-5-13(19-2)14(10-12)20-3/h4-7,10-11,18H,8-9H2,1-3H3. The Bertz CT molecular complexity index is 585. The predicted octanol–water partition coefficient (Wildman–Crippen LogP) is 4.31. The highest BCUT2D eigenvalue weighted by Gasteiger charge is 2.08. The van der Waals surface area contributed by atoms with Crippen molar-refractivity contribution in [3.8, 4) is 11.5 Å². The molecule has 2 aromatic rings. The lowest BCUT2D eigenvalue weighted by molar-refractivity contribution is 0.354. The van der Waals surface area contributed by atoms with Crippen LogP contribution >= 0.6 is 22.9 Å². The van der Waals surface area contributed by atoms with Gasteiger partial charge < -0.3 is 14.8 Å². The van der Waals surface area contributed by atoms with Gasteiger partial charge in [0.1, 0.15) is 0 Å². The van der Waals surface area contributed by atoms with Gasteiger partial charge in [0.15, 0.2) is 11.5 Å². The van der Waals surface area contributed by atoms with E-state index in [9.17, 15) is 0 Å². The summed E-state index contributed by atoms with van der Waals surface area (Å²) in [5, 5.41) is 3.51. The second kappa shape index (κ2) is 7.69. The van der Waals surface area contributed by atoms with Gasteiger partial charge in [-0.05, 0) is 49.7 Å². The Labute approximate surface area is 134 Å². The Morgan fingerprint density at radius 2 is 1.90 bits per heavy atom. The summed E-state index contributed by atoms with van der Waals surface area (Å²) in [5.74, 6) is 1.53. The number of hydrogen-bond donors (Lipinski definition) is 1. The van der Waals surface area contributed by atoms with Crippen LogP contribution in [0.15, 0.2) is 30.3 Å². The van der Waals surface area contributed by atoms with Crippen LogP contribution in [0.25, 0.3) is 0 Å². The molecule has 3 nitrogen and oxygen atoms in total. The molecule has 0 aliphatic carbocycles. The smallest absolute Gasteiger partial charge is 0.160 e. The summed E-state index contributed by atoms with van der Waals surface area (Å²) in [5.41, 5.74) is 1.22. The molecule has 1 heterocycles. The fourth-order valence-electron chi connectivity index (χ4n) is 2.13. The molecule has 5 heteroatoms. The van der Waals surface area contributed by atoms with Gasteiger partial charge in [-0.3, -0.25) is 0 Å². The van der Waals surface area contributed by atoms with E-state index in [4.69, 9.17) is 21.1 Å². The molecule has 1 aromatic carbocycles. The highest BCUT2D eigenvalue weighted by Crippen LogP contribution is 2.28. The Morgan fingerprint density at radius 3 is 2.52 bits per heavy atom. The monoisotopic (exact) mass is 325 g/mol. The van der Waals surface area contributed by atoms with Crippen molar-refractivity contribution in [1.29, 1.82) is 0 Å². The van der Waals surface area contributed by atoms with Crippen LogP contribution in [-0.4, -0.2) is 20.8 Å². The summed E-state index contributed by atoms with van der Waals surface area (Å²) < 4.78 is 11.4. The van der Waals surface area contributed by atoms with Gasteiger partial charge in [-0.15, -0.1) is 11.3 Å². The summed E-state index contributed by atoms with van der Waals surface area (Å²) in [4.78, 5) is 1.26. The topological polar surface area (TPSA) is 30.5 Å². The van der Waals surface area contributed by atoms with Gasteiger partial charge in [-0.25, -0.2) is 0 Å². The van der Waals surface area contributed by atoms with Crippen LogP contribution in [0.5, 0.6) is 11.5 Å². The number of halogens is 1. The third-order valence-corrected chi connectivity index (χ3v) is 4.75. The predicted molar refractivity (Wildman–Crippen MR) is 89.0 cm³/mol. The van der Waals surface area contributed by atoms with E-state index >= 15 is 0 Å². The first kappa shape index (κ1) is 16.1. The lowest BCUT2D eigenvalue weighted by Crippen LogP contribution is -2.20. The van der Waals surface area contributed by atoms with E-state index in [1.807, 2.05) is 18.2 Å². The van der Waals surface area contributed by atoms with Crippen molar-refractivity contribution >= 4 is 22.9 Å². The number of nitrogens with one attached hydrogen (secondary N) is 1. The minimum absolute atomic E-state index is 0.308. The molecule has 0 aliphatic heterocycles. The summed E-state index contributed by atoms with van der Waals surface area (Å²) in [6.45, 7) is 3.04. The SMILES string of the molecule is COc1ccc(CCNC(C)c2ccc(Cl)s2)cc1OC. The molecule has 0 radical (unpaired) electrons. The highest BCUT2D eigenvalue weighted by atomic mass is 35.5. The molecule has 1 unspecified atom stereocenters. The van der Waals surface area contributed by atoms with Crippen LogP contribution < -0.4 is 14.8 Å². The number of thiophene rings is 1. The van der Waals surface area contributed by atoms with Crippen molar-refractivity contribution in [3.63, 3.8) is 0 Å². The molecule has 21 heavy (non-hydrogen) atoms. The Hall–Kier alpha value is -1.23. The van der Waals surface area contributed by atoms with Crippen LogP contribution in [0.4, 0.5) is 0 Å². The molecule has 0 spiro atoms. The molecular weight excluding hydrogens is 306 g/mol. The quantitative estimate of drug-likeness (QED) is 0.822. The first-order chi connectivity index (χ1) is 10.1.